The van der Waals surface area contributed by atoms with E-state index in [4.69, 9.17) is 4.52 Å². The maximum Gasteiger partial charge on any atom is 0.289 e. The van der Waals surface area contributed by atoms with E-state index in [1.165, 1.54) is 18.5 Å². The second-order valence-corrected chi connectivity index (χ2v) is 4.29. The van der Waals surface area contributed by atoms with Gasteiger partial charge in [-0.05, 0) is 12.1 Å². The van der Waals surface area contributed by atoms with Gasteiger partial charge in [-0.1, -0.05) is 5.16 Å². The molecule has 0 aromatic carbocycles. The number of hydrogen-bond donors (Lipinski definition) is 1. The molecule has 8 nitrogen and oxygen atoms in total. The van der Waals surface area contributed by atoms with Crippen LogP contribution < -0.4 is 5.32 Å². The van der Waals surface area contributed by atoms with Crippen molar-refractivity contribution in [3.63, 3.8) is 0 Å². The molecule has 106 valence electrons. The molecule has 0 bridgehead atoms. The maximum absolute atomic E-state index is 12.0. The Kier molecular flexibility index (Phi) is 3.19. The van der Waals surface area contributed by atoms with Crippen molar-refractivity contribution in [1.82, 2.24) is 20.4 Å². The van der Waals surface area contributed by atoms with Gasteiger partial charge in [-0.3, -0.25) is 24.3 Å². The molecule has 21 heavy (non-hydrogen) atoms. The quantitative estimate of drug-likeness (QED) is 0.799. The van der Waals surface area contributed by atoms with Crippen molar-refractivity contribution in [1.29, 1.82) is 0 Å². The highest BCUT2D eigenvalue weighted by Crippen LogP contribution is 2.19. The van der Waals surface area contributed by atoms with E-state index in [9.17, 15) is 14.4 Å². The minimum atomic E-state index is -0.456. The van der Waals surface area contributed by atoms with Crippen LogP contribution in [0.1, 0.15) is 31.4 Å². The van der Waals surface area contributed by atoms with Crippen LogP contribution in [0.4, 0.5) is 0 Å². The van der Waals surface area contributed by atoms with Crippen molar-refractivity contribution in [3.8, 4) is 0 Å². The first-order valence-electron chi connectivity index (χ1n) is 6.18. The molecule has 0 spiro atoms. The SMILES string of the molecule is O=C(NCCN1C(=O)c2cccnc2C1=O)c1ccno1. The Labute approximate surface area is 118 Å². The minimum Gasteiger partial charge on any atom is -0.351 e. The number of fused-ring (bicyclic) bond motifs is 1. The van der Waals surface area contributed by atoms with Gasteiger partial charge < -0.3 is 9.84 Å². The summed E-state index contributed by atoms with van der Waals surface area (Å²) in [5, 5.41) is 5.96. The number of rotatable bonds is 4. The number of imide groups is 1. The zero-order chi connectivity index (χ0) is 14.8. The monoisotopic (exact) mass is 286 g/mol. The summed E-state index contributed by atoms with van der Waals surface area (Å²) in [4.78, 5) is 40.6. The Morgan fingerprint density at radius 1 is 1.24 bits per heavy atom. The molecule has 3 rings (SSSR count). The van der Waals surface area contributed by atoms with E-state index in [1.807, 2.05) is 0 Å². The lowest BCUT2D eigenvalue weighted by Gasteiger charge is -2.13. The summed E-state index contributed by atoms with van der Waals surface area (Å²) in [5.74, 6) is -1.25. The first kappa shape index (κ1) is 13.0. The number of hydrogen-bond acceptors (Lipinski definition) is 6. The number of aromatic nitrogens is 2. The first-order chi connectivity index (χ1) is 10.2. The van der Waals surface area contributed by atoms with E-state index in [2.05, 4.69) is 15.5 Å². The number of pyridine rings is 1. The van der Waals surface area contributed by atoms with Gasteiger partial charge >= 0.3 is 0 Å². The molecule has 0 fully saturated rings. The average Bonchev–Trinajstić information content (AvgIpc) is 3.11. The van der Waals surface area contributed by atoms with E-state index in [0.29, 0.717) is 0 Å². The lowest BCUT2D eigenvalue weighted by atomic mass is 10.2. The van der Waals surface area contributed by atoms with Gasteiger partial charge in [0.25, 0.3) is 17.7 Å². The Bertz CT molecular complexity index is 676. The molecule has 3 amide bonds. The van der Waals surface area contributed by atoms with Gasteiger partial charge in [0.1, 0.15) is 5.69 Å². The topological polar surface area (TPSA) is 105 Å². The summed E-state index contributed by atoms with van der Waals surface area (Å²) in [7, 11) is 0. The van der Waals surface area contributed by atoms with Crippen molar-refractivity contribution in [2.45, 2.75) is 0 Å². The molecule has 0 unspecified atom stereocenters. The van der Waals surface area contributed by atoms with E-state index in [-0.39, 0.29) is 30.1 Å². The summed E-state index contributed by atoms with van der Waals surface area (Å²) >= 11 is 0. The highest BCUT2D eigenvalue weighted by molar-refractivity contribution is 6.20. The second kappa shape index (κ2) is 5.16. The van der Waals surface area contributed by atoms with Crippen LogP contribution in [-0.4, -0.2) is 45.9 Å². The van der Waals surface area contributed by atoms with Crippen molar-refractivity contribution in [2.24, 2.45) is 0 Å². The molecule has 1 N–H and O–H groups in total. The van der Waals surface area contributed by atoms with Gasteiger partial charge in [0.15, 0.2) is 0 Å². The van der Waals surface area contributed by atoms with Gasteiger partial charge in [0, 0.05) is 25.4 Å². The molecule has 1 aliphatic heterocycles. The molecular weight excluding hydrogens is 276 g/mol. The lowest BCUT2D eigenvalue weighted by molar-refractivity contribution is 0.0647. The molecule has 0 saturated heterocycles. The number of nitrogens with zero attached hydrogens (tertiary/aromatic N) is 3. The molecule has 2 aromatic rings. The third-order valence-electron chi connectivity index (χ3n) is 3.01. The predicted octanol–water partition coefficient (Wildman–Crippen LogP) is 0.0956. The lowest BCUT2D eigenvalue weighted by Crippen LogP contribution is -2.38. The Hall–Kier alpha value is -3.03. The van der Waals surface area contributed by atoms with Gasteiger partial charge in [-0.15, -0.1) is 0 Å². The molecule has 0 atom stereocenters. The molecule has 3 heterocycles. The number of nitrogens with one attached hydrogen (secondary N) is 1. The molecule has 2 aromatic heterocycles. The summed E-state index contributed by atoms with van der Waals surface area (Å²) in [6.45, 7) is 0.179. The summed E-state index contributed by atoms with van der Waals surface area (Å²) in [6, 6.07) is 4.57. The van der Waals surface area contributed by atoms with Gasteiger partial charge in [-0.2, -0.15) is 0 Å². The van der Waals surface area contributed by atoms with Crippen LogP contribution in [0.5, 0.6) is 0 Å². The third kappa shape index (κ3) is 2.27. The average molecular weight is 286 g/mol. The predicted molar refractivity (Wildman–Crippen MR) is 68.4 cm³/mol. The Morgan fingerprint density at radius 2 is 2.10 bits per heavy atom. The summed E-state index contributed by atoms with van der Waals surface area (Å²) in [6.07, 6.45) is 2.81. The maximum atomic E-state index is 12.0. The smallest absolute Gasteiger partial charge is 0.289 e. The Balaban J connectivity index is 1.61. The fraction of sp³-hybridized carbons (Fsp3) is 0.154. The van der Waals surface area contributed by atoms with E-state index < -0.39 is 17.7 Å². The first-order valence-corrected chi connectivity index (χ1v) is 6.18. The van der Waals surface area contributed by atoms with Crippen LogP contribution in [0.25, 0.3) is 0 Å². The van der Waals surface area contributed by atoms with Crippen LogP contribution >= 0.6 is 0 Å². The molecule has 0 aliphatic carbocycles. The van der Waals surface area contributed by atoms with Crippen molar-refractivity contribution >= 4 is 17.7 Å². The van der Waals surface area contributed by atoms with Crippen LogP contribution in [0, 0.1) is 0 Å². The zero-order valence-corrected chi connectivity index (χ0v) is 10.8. The largest absolute Gasteiger partial charge is 0.351 e. The normalized spacial score (nSPS) is 13.4. The van der Waals surface area contributed by atoms with Crippen LogP contribution in [0.3, 0.4) is 0 Å². The summed E-state index contributed by atoms with van der Waals surface area (Å²) < 4.78 is 4.69. The number of amides is 3. The van der Waals surface area contributed by atoms with Crippen molar-refractivity contribution in [3.05, 3.63) is 47.6 Å². The van der Waals surface area contributed by atoms with Crippen molar-refractivity contribution < 1.29 is 18.9 Å². The molecule has 8 heteroatoms. The number of carbonyl (C=O) groups excluding carboxylic acids is 3. The van der Waals surface area contributed by atoms with Gasteiger partial charge in [0.2, 0.25) is 5.76 Å². The molecule has 1 aliphatic rings. The van der Waals surface area contributed by atoms with Crippen LogP contribution in [0.15, 0.2) is 35.1 Å². The highest BCUT2D eigenvalue weighted by Gasteiger charge is 2.36. The highest BCUT2D eigenvalue weighted by atomic mass is 16.5. The van der Waals surface area contributed by atoms with E-state index >= 15 is 0 Å². The van der Waals surface area contributed by atoms with Crippen molar-refractivity contribution in [2.75, 3.05) is 13.1 Å². The van der Waals surface area contributed by atoms with Gasteiger partial charge in [-0.25, -0.2) is 0 Å². The molecule has 0 radical (unpaired) electrons. The van der Waals surface area contributed by atoms with E-state index in [1.54, 1.807) is 12.1 Å². The Morgan fingerprint density at radius 3 is 2.81 bits per heavy atom. The minimum absolute atomic E-state index is 0.0634. The third-order valence-corrected chi connectivity index (χ3v) is 3.01. The second-order valence-electron chi connectivity index (χ2n) is 4.29. The van der Waals surface area contributed by atoms with E-state index in [0.717, 1.165) is 4.90 Å². The zero-order valence-electron chi connectivity index (χ0n) is 10.8. The number of carbonyl (C=O) groups is 3. The fourth-order valence-electron chi connectivity index (χ4n) is 2.02. The standard InChI is InChI=1S/C13H10N4O4/c18-11(9-3-5-16-21-9)15-6-7-17-12(19)8-2-1-4-14-10(8)13(17)20/h1-5H,6-7H2,(H,15,18). The van der Waals surface area contributed by atoms with Crippen LogP contribution in [0.2, 0.25) is 0 Å². The molecular formula is C13H10N4O4. The fourth-order valence-corrected chi connectivity index (χ4v) is 2.02. The summed E-state index contributed by atoms with van der Waals surface area (Å²) in [5.41, 5.74) is 0.424. The van der Waals surface area contributed by atoms with Crippen LogP contribution in [-0.2, 0) is 0 Å². The molecule has 0 saturated carbocycles. The van der Waals surface area contributed by atoms with Gasteiger partial charge in [0.05, 0.1) is 11.8 Å².